The molecule has 1 fully saturated rings. The highest BCUT2D eigenvalue weighted by molar-refractivity contribution is 6.09. The lowest BCUT2D eigenvalue weighted by atomic mass is 9.86. The van der Waals surface area contributed by atoms with E-state index in [0.717, 1.165) is 34.3 Å². The minimum atomic E-state index is 0.400. The van der Waals surface area contributed by atoms with Crippen molar-refractivity contribution in [1.82, 2.24) is 15.0 Å². The van der Waals surface area contributed by atoms with Gasteiger partial charge in [0.05, 0.1) is 23.7 Å². The maximum absolute atomic E-state index is 9.02. The van der Waals surface area contributed by atoms with Gasteiger partial charge in [0.15, 0.2) is 0 Å². The Labute approximate surface area is 121 Å². The van der Waals surface area contributed by atoms with Gasteiger partial charge < -0.3 is 9.72 Å². The van der Waals surface area contributed by atoms with Gasteiger partial charge in [-0.2, -0.15) is 5.26 Å². The third kappa shape index (κ3) is 2.00. The number of pyridine rings is 2. The molecular formula is C16H14N4O. The molecule has 104 valence electrons. The van der Waals surface area contributed by atoms with E-state index >= 15 is 0 Å². The van der Waals surface area contributed by atoms with Gasteiger partial charge in [0, 0.05) is 11.6 Å². The zero-order chi connectivity index (χ0) is 14.2. The van der Waals surface area contributed by atoms with Crippen LogP contribution in [0.15, 0.2) is 24.5 Å². The molecule has 3 aromatic heterocycles. The second-order valence-corrected chi connectivity index (χ2v) is 5.49. The number of fused-ring (bicyclic) bond motifs is 3. The first-order valence-electron chi connectivity index (χ1n) is 7.14. The number of nitrogens with zero attached hydrogens (tertiary/aromatic N) is 3. The van der Waals surface area contributed by atoms with Gasteiger partial charge in [0.25, 0.3) is 0 Å². The Morgan fingerprint density at radius 2 is 2.29 bits per heavy atom. The average molecular weight is 278 g/mol. The topological polar surface area (TPSA) is 74.6 Å². The second-order valence-electron chi connectivity index (χ2n) is 5.49. The van der Waals surface area contributed by atoms with Gasteiger partial charge in [-0.05, 0) is 30.9 Å². The Morgan fingerprint density at radius 3 is 3.05 bits per heavy atom. The van der Waals surface area contributed by atoms with Crippen LogP contribution in [0.3, 0.4) is 0 Å². The normalized spacial score (nSPS) is 15.0. The molecule has 1 N–H and O–H groups in total. The van der Waals surface area contributed by atoms with Crippen molar-refractivity contribution in [3.63, 3.8) is 0 Å². The molecule has 0 bridgehead atoms. The summed E-state index contributed by atoms with van der Waals surface area (Å²) in [6, 6.07) is 5.75. The van der Waals surface area contributed by atoms with Gasteiger partial charge in [-0.25, -0.2) is 9.97 Å². The first kappa shape index (κ1) is 12.2. The summed E-state index contributed by atoms with van der Waals surface area (Å²) >= 11 is 0. The van der Waals surface area contributed by atoms with Crippen molar-refractivity contribution in [2.45, 2.75) is 19.3 Å². The number of rotatable bonds is 3. The van der Waals surface area contributed by atoms with E-state index in [4.69, 9.17) is 10.00 Å². The molecule has 0 atom stereocenters. The summed E-state index contributed by atoms with van der Waals surface area (Å²) in [7, 11) is 0. The number of aromatic amines is 1. The monoisotopic (exact) mass is 278 g/mol. The minimum absolute atomic E-state index is 0.400. The SMILES string of the molecule is N#Cc1cc2c(cn1)[nH]c1nccc(OCC3CCC3)c12. The van der Waals surface area contributed by atoms with Crippen LogP contribution in [0.25, 0.3) is 21.9 Å². The summed E-state index contributed by atoms with van der Waals surface area (Å²) in [5.41, 5.74) is 2.04. The molecule has 0 amide bonds. The van der Waals surface area contributed by atoms with Gasteiger partial charge in [-0.15, -0.1) is 0 Å². The van der Waals surface area contributed by atoms with Crippen molar-refractivity contribution in [2.75, 3.05) is 6.61 Å². The van der Waals surface area contributed by atoms with Crippen molar-refractivity contribution in [3.05, 3.63) is 30.2 Å². The van der Waals surface area contributed by atoms with Crippen LogP contribution >= 0.6 is 0 Å². The number of nitriles is 1. The van der Waals surface area contributed by atoms with E-state index in [2.05, 4.69) is 21.0 Å². The molecule has 1 aliphatic carbocycles. The Morgan fingerprint density at radius 1 is 1.38 bits per heavy atom. The van der Waals surface area contributed by atoms with Crippen molar-refractivity contribution >= 4 is 21.9 Å². The summed E-state index contributed by atoms with van der Waals surface area (Å²) in [4.78, 5) is 11.7. The molecule has 5 heteroatoms. The standard InChI is InChI=1S/C16H14N4O/c17-7-11-6-12-13(8-19-11)20-16-15(12)14(4-5-18-16)21-9-10-2-1-3-10/h4-6,8,10H,1-3,9H2,(H,18,20). The number of hydrogen-bond donors (Lipinski definition) is 1. The fraction of sp³-hybridized carbons (Fsp3) is 0.312. The number of ether oxygens (including phenoxy) is 1. The molecule has 1 saturated carbocycles. The number of hydrogen-bond acceptors (Lipinski definition) is 4. The van der Waals surface area contributed by atoms with Gasteiger partial charge in [0.2, 0.25) is 0 Å². The zero-order valence-electron chi connectivity index (χ0n) is 11.5. The number of H-pyrrole nitrogens is 1. The average Bonchev–Trinajstić information content (AvgIpc) is 2.83. The predicted molar refractivity (Wildman–Crippen MR) is 78.9 cm³/mol. The van der Waals surface area contributed by atoms with Crippen LogP contribution in [0.5, 0.6) is 5.75 Å². The first-order chi connectivity index (χ1) is 10.3. The van der Waals surface area contributed by atoms with Crippen molar-refractivity contribution in [2.24, 2.45) is 5.92 Å². The van der Waals surface area contributed by atoms with Crippen LogP contribution in [-0.2, 0) is 0 Å². The molecular weight excluding hydrogens is 264 g/mol. The number of aromatic nitrogens is 3. The van der Waals surface area contributed by atoms with Crippen molar-refractivity contribution in [3.8, 4) is 11.8 Å². The van der Waals surface area contributed by atoms with E-state index in [-0.39, 0.29) is 0 Å². The summed E-state index contributed by atoms with van der Waals surface area (Å²) in [5.74, 6) is 1.50. The van der Waals surface area contributed by atoms with Crippen LogP contribution in [0.1, 0.15) is 25.0 Å². The van der Waals surface area contributed by atoms with E-state index in [9.17, 15) is 0 Å². The van der Waals surface area contributed by atoms with E-state index < -0.39 is 0 Å². The van der Waals surface area contributed by atoms with Gasteiger partial charge in [-0.3, -0.25) is 0 Å². The molecule has 0 aliphatic heterocycles. The summed E-state index contributed by atoms with van der Waals surface area (Å²) < 4.78 is 6.00. The van der Waals surface area contributed by atoms with Crippen LogP contribution in [0, 0.1) is 17.2 Å². The summed E-state index contributed by atoms with van der Waals surface area (Å²) in [6.07, 6.45) is 7.23. The van der Waals surface area contributed by atoms with Crippen LogP contribution in [0.2, 0.25) is 0 Å². The van der Waals surface area contributed by atoms with E-state index in [1.54, 1.807) is 18.5 Å². The molecule has 0 unspecified atom stereocenters. The molecule has 3 heterocycles. The lowest BCUT2D eigenvalue weighted by Crippen LogP contribution is -2.19. The van der Waals surface area contributed by atoms with Crippen molar-refractivity contribution in [1.29, 1.82) is 5.26 Å². The highest BCUT2D eigenvalue weighted by Crippen LogP contribution is 2.33. The molecule has 1 aliphatic rings. The lowest BCUT2D eigenvalue weighted by molar-refractivity contribution is 0.182. The molecule has 3 aromatic rings. The fourth-order valence-corrected chi connectivity index (χ4v) is 2.74. The van der Waals surface area contributed by atoms with Gasteiger partial charge in [0.1, 0.15) is 23.2 Å². The van der Waals surface area contributed by atoms with E-state index in [1.807, 2.05) is 6.07 Å². The van der Waals surface area contributed by atoms with Crippen molar-refractivity contribution < 1.29 is 4.74 Å². The maximum atomic E-state index is 9.02. The fourth-order valence-electron chi connectivity index (χ4n) is 2.74. The Bertz CT molecular complexity index is 858. The predicted octanol–water partition coefficient (Wildman–Crippen LogP) is 3.16. The first-order valence-corrected chi connectivity index (χ1v) is 7.14. The van der Waals surface area contributed by atoms with Crippen LogP contribution in [-0.4, -0.2) is 21.6 Å². The smallest absolute Gasteiger partial charge is 0.142 e. The Balaban J connectivity index is 1.83. The minimum Gasteiger partial charge on any atom is -0.492 e. The highest BCUT2D eigenvalue weighted by atomic mass is 16.5. The molecule has 0 spiro atoms. The summed E-state index contributed by atoms with van der Waals surface area (Å²) in [5, 5.41) is 10.9. The zero-order valence-corrected chi connectivity index (χ0v) is 11.5. The second kappa shape index (κ2) is 4.74. The molecule has 21 heavy (non-hydrogen) atoms. The van der Waals surface area contributed by atoms with Gasteiger partial charge >= 0.3 is 0 Å². The molecule has 0 aromatic carbocycles. The maximum Gasteiger partial charge on any atom is 0.142 e. The molecule has 5 nitrogen and oxygen atoms in total. The molecule has 0 radical (unpaired) electrons. The number of nitrogens with one attached hydrogen (secondary N) is 1. The Kier molecular flexibility index (Phi) is 2.74. The lowest BCUT2D eigenvalue weighted by Gasteiger charge is -2.25. The quantitative estimate of drug-likeness (QED) is 0.798. The Hall–Kier alpha value is -2.61. The molecule has 4 rings (SSSR count). The molecule has 0 saturated heterocycles. The van der Waals surface area contributed by atoms with Crippen LogP contribution < -0.4 is 4.74 Å². The third-order valence-corrected chi connectivity index (χ3v) is 4.15. The van der Waals surface area contributed by atoms with Gasteiger partial charge in [-0.1, -0.05) is 6.42 Å². The van der Waals surface area contributed by atoms with E-state index in [0.29, 0.717) is 11.6 Å². The van der Waals surface area contributed by atoms with Crippen LogP contribution in [0.4, 0.5) is 0 Å². The highest BCUT2D eigenvalue weighted by Gasteiger charge is 2.19. The largest absolute Gasteiger partial charge is 0.492 e. The third-order valence-electron chi connectivity index (χ3n) is 4.15. The summed E-state index contributed by atoms with van der Waals surface area (Å²) in [6.45, 7) is 0.752. The van der Waals surface area contributed by atoms with E-state index in [1.165, 1.54) is 19.3 Å².